The van der Waals surface area contributed by atoms with E-state index in [2.05, 4.69) is 5.92 Å². The molecule has 0 aliphatic heterocycles. The first-order valence-electron chi connectivity index (χ1n) is 5.06. The first-order chi connectivity index (χ1) is 8.03. The summed E-state index contributed by atoms with van der Waals surface area (Å²) in [4.78, 5) is 0. The summed E-state index contributed by atoms with van der Waals surface area (Å²) in [5.41, 5.74) is 0. The molecule has 0 atom stereocenters. The molecule has 92 valence electrons. The molecule has 0 spiro atoms. The van der Waals surface area contributed by atoms with Crippen molar-refractivity contribution in [2.75, 3.05) is 18.1 Å². The molecule has 0 saturated carbocycles. The monoisotopic (exact) mass is 272 g/mol. The lowest BCUT2D eigenvalue weighted by molar-refractivity contribution is 0.317. The van der Waals surface area contributed by atoms with Crippen molar-refractivity contribution in [1.82, 2.24) is 0 Å². The largest absolute Gasteiger partial charge is 0.494 e. The van der Waals surface area contributed by atoms with Crippen molar-refractivity contribution in [3.05, 3.63) is 29.3 Å². The third-order valence-corrected chi connectivity index (χ3v) is 3.75. The number of hydrogen-bond acceptors (Lipinski definition) is 3. The highest BCUT2D eigenvalue weighted by Crippen LogP contribution is 2.15. The molecule has 17 heavy (non-hydrogen) atoms. The lowest BCUT2D eigenvalue weighted by Crippen LogP contribution is -2.12. The molecule has 0 radical (unpaired) electrons. The molecule has 1 aromatic rings. The van der Waals surface area contributed by atoms with Gasteiger partial charge in [-0.2, -0.15) is 0 Å². The number of sulfone groups is 1. The van der Waals surface area contributed by atoms with Gasteiger partial charge in [-0.25, -0.2) is 8.42 Å². The van der Waals surface area contributed by atoms with Gasteiger partial charge in [0.15, 0.2) is 9.84 Å². The molecule has 3 nitrogen and oxygen atoms in total. The predicted octanol–water partition coefficient (Wildman–Crippen LogP) is 2.16. The zero-order valence-electron chi connectivity index (χ0n) is 9.23. The van der Waals surface area contributed by atoms with Gasteiger partial charge in [0.05, 0.1) is 12.4 Å². The maximum atomic E-state index is 11.3. The minimum atomic E-state index is -3.13. The molecule has 0 aliphatic rings. The van der Waals surface area contributed by atoms with Gasteiger partial charge < -0.3 is 4.74 Å². The first kappa shape index (κ1) is 13.9. The van der Waals surface area contributed by atoms with E-state index >= 15 is 0 Å². The Balaban J connectivity index is 2.30. The topological polar surface area (TPSA) is 43.4 Å². The van der Waals surface area contributed by atoms with Crippen molar-refractivity contribution < 1.29 is 13.2 Å². The Kier molecular flexibility index (Phi) is 5.33. The van der Waals surface area contributed by atoms with E-state index in [-0.39, 0.29) is 11.5 Å². The summed E-state index contributed by atoms with van der Waals surface area (Å²) >= 11 is 5.71. The Morgan fingerprint density at radius 3 is 2.53 bits per heavy atom. The SMILES string of the molecule is C#CCS(=O)(=O)CCCOc1ccc(Cl)cc1. The maximum absolute atomic E-state index is 11.3. The average Bonchev–Trinajstić information content (AvgIpc) is 2.27. The van der Waals surface area contributed by atoms with Gasteiger partial charge in [0, 0.05) is 5.02 Å². The highest BCUT2D eigenvalue weighted by molar-refractivity contribution is 7.91. The van der Waals surface area contributed by atoms with Gasteiger partial charge >= 0.3 is 0 Å². The standard InChI is InChI=1S/C12H13ClO3S/c1-2-9-17(14,15)10-3-8-16-12-6-4-11(13)5-7-12/h1,4-7H,3,8-10H2. The van der Waals surface area contributed by atoms with Crippen LogP contribution in [0.3, 0.4) is 0 Å². The fourth-order valence-corrected chi connectivity index (χ4v) is 2.28. The van der Waals surface area contributed by atoms with E-state index < -0.39 is 9.84 Å². The van der Waals surface area contributed by atoms with E-state index in [9.17, 15) is 8.42 Å². The van der Waals surface area contributed by atoms with E-state index in [0.717, 1.165) is 0 Å². The van der Waals surface area contributed by atoms with Gasteiger partial charge in [0.25, 0.3) is 0 Å². The van der Waals surface area contributed by atoms with Crippen LogP contribution in [0.5, 0.6) is 5.75 Å². The molecule has 1 aromatic carbocycles. The van der Waals surface area contributed by atoms with Crippen molar-refractivity contribution >= 4 is 21.4 Å². The van der Waals surface area contributed by atoms with E-state index in [1.807, 2.05) is 0 Å². The molecule has 0 heterocycles. The van der Waals surface area contributed by atoms with Crippen molar-refractivity contribution in [3.8, 4) is 18.1 Å². The molecule has 0 N–H and O–H groups in total. The molecule has 0 aromatic heterocycles. The Labute approximate surface area is 107 Å². The molecule has 0 aliphatic carbocycles. The van der Waals surface area contributed by atoms with Crippen LogP contribution >= 0.6 is 11.6 Å². The van der Waals surface area contributed by atoms with Crippen LogP contribution in [0.25, 0.3) is 0 Å². The summed E-state index contributed by atoms with van der Waals surface area (Å²) in [7, 11) is -3.13. The molecule has 0 unspecified atom stereocenters. The van der Waals surface area contributed by atoms with Gasteiger partial charge in [-0.3, -0.25) is 0 Å². The molecule has 0 fully saturated rings. The second-order valence-corrected chi connectivity index (χ2v) is 6.07. The van der Waals surface area contributed by atoms with Gasteiger partial charge in [-0.1, -0.05) is 17.5 Å². The van der Waals surface area contributed by atoms with Gasteiger partial charge in [0.2, 0.25) is 0 Å². The van der Waals surface area contributed by atoms with Gasteiger partial charge in [-0.05, 0) is 30.7 Å². The van der Waals surface area contributed by atoms with Crippen molar-refractivity contribution in [3.63, 3.8) is 0 Å². The number of benzene rings is 1. The average molecular weight is 273 g/mol. The fraction of sp³-hybridized carbons (Fsp3) is 0.333. The number of rotatable bonds is 6. The quantitative estimate of drug-likeness (QED) is 0.589. The summed E-state index contributed by atoms with van der Waals surface area (Å²) in [5, 5.41) is 0.633. The summed E-state index contributed by atoms with van der Waals surface area (Å²) < 4.78 is 27.9. The van der Waals surface area contributed by atoms with Crippen LogP contribution < -0.4 is 4.74 Å². The van der Waals surface area contributed by atoms with Crippen LogP contribution in [0.4, 0.5) is 0 Å². The van der Waals surface area contributed by atoms with E-state index in [0.29, 0.717) is 23.8 Å². The lowest BCUT2D eigenvalue weighted by atomic mass is 10.3. The number of terminal acetylenes is 1. The first-order valence-corrected chi connectivity index (χ1v) is 7.26. The lowest BCUT2D eigenvalue weighted by Gasteiger charge is -2.05. The second kappa shape index (κ2) is 6.53. The summed E-state index contributed by atoms with van der Waals surface area (Å²) in [6.07, 6.45) is 5.37. The molecular weight excluding hydrogens is 260 g/mol. The molecule has 0 amide bonds. The number of ether oxygens (including phenoxy) is 1. The van der Waals surface area contributed by atoms with Crippen molar-refractivity contribution in [2.24, 2.45) is 0 Å². The molecule has 1 rings (SSSR count). The highest BCUT2D eigenvalue weighted by Gasteiger charge is 2.08. The van der Waals surface area contributed by atoms with Crippen LogP contribution in [0, 0.1) is 12.3 Å². The third-order valence-electron chi connectivity index (χ3n) is 1.99. The normalized spacial score (nSPS) is 10.8. The maximum Gasteiger partial charge on any atom is 0.161 e. The van der Waals surface area contributed by atoms with Crippen LogP contribution in [0.15, 0.2) is 24.3 Å². The Morgan fingerprint density at radius 1 is 1.29 bits per heavy atom. The van der Waals surface area contributed by atoms with Gasteiger partial charge in [-0.15, -0.1) is 6.42 Å². The number of hydrogen-bond donors (Lipinski definition) is 0. The Morgan fingerprint density at radius 2 is 1.94 bits per heavy atom. The zero-order chi connectivity index (χ0) is 12.7. The minimum absolute atomic E-state index is 0.0464. The Bertz CT molecular complexity index is 485. The van der Waals surface area contributed by atoms with Crippen LogP contribution in [-0.2, 0) is 9.84 Å². The fourth-order valence-electron chi connectivity index (χ4n) is 1.20. The van der Waals surface area contributed by atoms with Gasteiger partial charge in [0.1, 0.15) is 11.5 Å². The van der Waals surface area contributed by atoms with Crippen molar-refractivity contribution in [1.29, 1.82) is 0 Å². The predicted molar refractivity (Wildman–Crippen MR) is 69.1 cm³/mol. The second-order valence-electron chi connectivity index (χ2n) is 3.45. The highest BCUT2D eigenvalue weighted by atomic mass is 35.5. The molecule has 0 bridgehead atoms. The molecular formula is C12H13ClO3S. The third kappa shape index (κ3) is 5.62. The molecule has 5 heteroatoms. The smallest absolute Gasteiger partial charge is 0.161 e. The minimum Gasteiger partial charge on any atom is -0.494 e. The van der Waals surface area contributed by atoms with Crippen LogP contribution in [-0.4, -0.2) is 26.5 Å². The molecule has 0 saturated heterocycles. The summed E-state index contributed by atoms with van der Waals surface area (Å²) in [6, 6.07) is 6.90. The van der Waals surface area contributed by atoms with Crippen molar-refractivity contribution in [2.45, 2.75) is 6.42 Å². The van der Waals surface area contributed by atoms with E-state index in [4.69, 9.17) is 22.8 Å². The summed E-state index contributed by atoms with van der Waals surface area (Å²) in [6.45, 7) is 0.339. The van der Waals surface area contributed by atoms with E-state index in [1.165, 1.54) is 0 Å². The summed E-state index contributed by atoms with van der Waals surface area (Å²) in [5.74, 6) is 2.63. The number of halogens is 1. The van der Waals surface area contributed by atoms with Crippen LogP contribution in [0.1, 0.15) is 6.42 Å². The Hall–Kier alpha value is -1.18. The zero-order valence-corrected chi connectivity index (χ0v) is 10.8. The van der Waals surface area contributed by atoms with Crippen LogP contribution in [0.2, 0.25) is 5.02 Å². The van der Waals surface area contributed by atoms with E-state index in [1.54, 1.807) is 24.3 Å².